The predicted octanol–water partition coefficient (Wildman–Crippen LogP) is 1.77. The van der Waals surface area contributed by atoms with Gasteiger partial charge in [0.25, 0.3) is 0 Å². The maximum atomic E-state index is 12.4. The number of methoxy groups -OCH3 is 2. The lowest BCUT2D eigenvalue weighted by molar-refractivity contribution is -0.131. The smallest absolute Gasteiger partial charge is 0.224 e. The molecule has 1 saturated heterocycles. The van der Waals surface area contributed by atoms with Crippen LogP contribution in [0.3, 0.4) is 0 Å². The van der Waals surface area contributed by atoms with Gasteiger partial charge in [-0.05, 0) is 30.2 Å². The van der Waals surface area contributed by atoms with E-state index in [-0.39, 0.29) is 24.4 Å². The Morgan fingerprint density at radius 2 is 2.00 bits per heavy atom. The molecule has 1 aliphatic heterocycles. The summed E-state index contributed by atoms with van der Waals surface area (Å²) in [5, 5.41) is 3.30. The molecule has 0 aromatic heterocycles. The normalized spacial score (nSPS) is 16.9. The van der Waals surface area contributed by atoms with E-state index in [0.717, 1.165) is 17.7 Å². The van der Waals surface area contributed by atoms with Crippen molar-refractivity contribution >= 4 is 18.3 Å². The van der Waals surface area contributed by atoms with Gasteiger partial charge < -0.3 is 24.4 Å². The first-order chi connectivity index (χ1) is 11.0. The van der Waals surface area contributed by atoms with Crippen LogP contribution in [-0.4, -0.2) is 57.9 Å². The second kappa shape index (κ2) is 9.71. The molecule has 1 aliphatic rings. The minimum Gasteiger partial charge on any atom is -0.493 e. The van der Waals surface area contributed by atoms with Crippen molar-refractivity contribution < 1.29 is 19.0 Å². The summed E-state index contributed by atoms with van der Waals surface area (Å²) in [5.41, 5.74) is 2.12. The van der Waals surface area contributed by atoms with Crippen LogP contribution in [0, 0.1) is 6.92 Å². The fourth-order valence-electron chi connectivity index (χ4n) is 2.65. The fraction of sp³-hybridized carbons (Fsp3) is 0.588. The SMILES string of the molecule is COc1cc(C)c(CN(C)C(=O)CC2COCCN2)cc1OC.Cl. The average molecular weight is 359 g/mol. The zero-order chi connectivity index (χ0) is 16.8. The molecule has 1 aromatic carbocycles. The van der Waals surface area contributed by atoms with Crippen LogP contribution in [-0.2, 0) is 16.1 Å². The van der Waals surface area contributed by atoms with E-state index in [0.29, 0.717) is 37.7 Å². The Labute approximate surface area is 149 Å². The Hall–Kier alpha value is -1.50. The molecule has 0 spiro atoms. The van der Waals surface area contributed by atoms with E-state index in [1.54, 1.807) is 19.1 Å². The quantitative estimate of drug-likeness (QED) is 0.839. The summed E-state index contributed by atoms with van der Waals surface area (Å²) < 4.78 is 16.0. The Balaban J connectivity index is 0.00000288. The van der Waals surface area contributed by atoms with Gasteiger partial charge in [0.1, 0.15) is 0 Å². The number of amides is 1. The van der Waals surface area contributed by atoms with Crippen LogP contribution in [0.15, 0.2) is 12.1 Å². The first-order valence-electron chi connectivity index (χ1n) is 7.81. The van der Waals surface area contributed by atoms with Crippen molar-refractivity contribution in [1.29, 1.82) is 0 Å². The molecule has 24 heavy (non-hydrogen) atoms. The molecule has 0 saturated carbocycles. The third kappa shape index (κ3) is 5.26. The van der Waals surface area contributed by atoms with Crippen molar-refractivity contribution in [1.82, 2.24) is 10.2 Å². The Morgan fingerprint density at radius 3 is 2.58 bits per heavy atom. The lowest BCUT2D eigenvalue weighted by Crippen LogP contribution is -2.44. The van der Waals surface area contributed by atoms with Crippen molar-refractivity contribution in [2.24, 2.45) is 0 Å². The summed E-state index contributed by atoms with van der Waals surface area (Å²) in [6.45, 7) is 4.65. The molecule has 6 nitrogen and oxygen atoms in total. The van der Waals surface area contributed by atoms with Crippen molar-refractivity contribution in [3.05, 3.63) is 23.3 Å². The molecule has 1 unspecified atom stereocenters. The molecule has 7 heteroatoms. The number of halogens is 1. The van der Waals surface area contributed by atoms with Gasteiger partial charge in [-0.1, -0.05) is 0 Å². The largest absolute Gasteiger partial charge is 0.493 e. The van der Waals surface area contributed by atoms with Crippen molar-refractivity contribution in [2.75, 3.05) is 41.0 Å². The zero-order valence-corrected chi connectivity index (χ0v) is 15.6. The number of carbonyl (C=O) groups is 1. The summed E-state index contributed by atoms with van der Waals surface area (Å²) in [6.07, 6.45) is 0.447. The number of hydrogen-bond donors (Lipinski definition) is 1. The summed E-state index contributed by atoms with van der Waals surface area (Å²) in [4.78, 5) is 14.1. The summed E-state index contributed by atoms with van der Waals surface area (Å²) in [7, 11) is 5.05. The molecule has 0 aliphatic carbocycles. The van der Waals surface area contributed by atoms with Crippen molar-refractivity contribution in [2.45, 2.75) is 25.9 Å². The van der Waals surface area contributed by atoms with Gasteiger partial charge in [-0.3, -0.25) is 4.79 Å². The first kappa shape index (κ1) is 20.5. The molecule has 1 heterocycles. The molecule has 1 atom stereocenters. The predicted molar refractivity (Wildman–Crippen MR) is 95.2 cm³/mol. The molecular formula is C17H27ClN2O4. The third-order valence-corrected chi connectivity index (χ3v) is 4.09. The third-order valence-electron chi connectivity index (χ3n) is 4.09. The van der Waals surface area contributed by atoms with E-state index in [1.807, 2.05) is 26.1 Å². The van der Waals surface area contributed by atoms with Crippen LogP contribution in [0.5, 0.6) is 11.5 Å². The second-order valence-electron chi connectivity index (χ2n) is 5.81. The van der Waals surface area contributed by atoms with Gasteiger partial charge in [0.2, 0.25) is 5.91 Å². The maximum absolute atomic E-state index is 12.4. The lowest BCUT2D eigenvalue weighted by atomic mass is 10.1. The molecule has 2 rings (SSSR count). The van der Waals surface area contributed by atoms with Gasteiger partial charge in [-0.2, -0.15) is 0 Å². The highest BCUT2D eigenvalue weighted by Crippen LogP contribution is 2.30. The topological polar surface area (TPSA) is 60.0 Å². The van der Waals surface area contributed by atoms with Gasteiger partial charge in [0.05, 0.1) is 27.4 Å². The zero-order valence-electron chi connectivity index (χ0n) is 14.8. The average Bonchev–Trinajstić information content (AvgIpc) is 2.57. The van der Waals surface area contributed by atoms with Gasteiger partial charge in [-0.25, -0.2) is 0 Å². The number of carbonyl (C=O) groups excluding carboxylic acids is 1. The van der Waals surface area contributed by atoms with E-state index >= 15 is 0 Å². The summed E-state index contributed by atoms with van der Waals surface area (Å²) >= 11 is 0. The molecule has 1 N–H and O–H groups in total. The second-order valence-corrected chi connectivity index (χ2v) is 5.81. The van der Waals surface area contributed by atoms with Gasteiger partial charge in [-0.15, -0.1) is 12.4 Å². The number of aryl methyl sites for hydroxylation is 1. The van der Waals surface area contributed by atoms with E-state index in [2.05, 4.69) is 5.32 Å². The molecule has 1 aromatic rings. The highest BCUT2D eigenvalue weighted by molar-refractivity contribution is 5.85. The maximum Gasteiger partial charge on any atom is 0.224 e. The van der Waals surface area contributed by atoms with Gasteiger partial charge >= 0.3 is 0 Å². The van der Waals surface area contributed by atoms with Crippen LogP contribution >= 0.6 is 12.4 Å². The first-order valence-corrected chi connectivity index (χ1v) is 7.81. The van der Waals surface area contributed by atoms with Crippen molar-refractivity contribution in [3.63, 3.8) is 0 Å². The molecule has 1 fully saturated rings. The van der Waals surface area contributed by atoms with E-state index < -0.39 is 0 Å². The van der Waals surface area contributed by atoms with Gasteiger partial charge in [0.15, 0.2) is 11.5 Å². The molecular weight excluding hydrogens is 332 g/mol. The lowest BCUT2D eigenvalue weighted by Gasteiger charge is -2.26. The summed E-state index contributed by atoms with van der Waals surface area (Å²) in [5.74, 6) is 1.48. The molecule has 136 valence electrons. The Bertz CT molecular complexity index is 548. The number of benzene rings is 1. The summed E-state index contributed by atoms with van der Waals surface area (Å²) in [6, 6.07) is 3.97. The van der Waals surface area contributed by atoms with E-state index in [9.17, 15) is 4.79 Å². The number of hydrogen-bond acceptors (Lipinski definition) is 5. The number of morpholine rings is 1. The number of nitrogens with one attached hydrogen (secondary N) is 1. The number of rotatable bonds is 6. The molecule has 0 bridgehead atoms. The number of ether oxygens (including phenoxy) is 3. The van der Waals surface area contributed by atoms with Crippen LogP contribution in [0.1, 0.15) is 17.5 Å². The Kier molecular flexibility index (Phi) is 8.31. The fourth-order valence-corrected chi connectivity index (χ4v) is 2.65. The van der Waals surface area contributed by atoms with Crippen LogP contribution in [0.4, 0.5) is 0 Å². The minimum atomic E-state index is 0. The molecule has 0 radical (unpaired) electrons. The standard InChI is InChI=1S/C17H26N2O4.ClH/c1-12-7-15(21-3)16(22-4)8-13(12)10-19(2)17(20)9-14-11-23-6-5-18-14;/h7-8,14,18H,5-6,9-11H2,1-4H3;1H. The highest BCUT2D eigenvalue weighted by atomic mass is 35.5. The van der Waals surface area contributed by atoms with E-state index in [1.165, 1.54) is 0 Å². The van der Waals surface area contributed by atoms with E-state index in [4.69, 9.17) is 14.2 Å². The number of nitrogens with zero attached hydrogens (tertiary/aromatic N) is 1. The molecule has 1 amide bonds. The minimum absolute atomic E-state index is 0. The van der Waals surface area contributed by atoms with Crippen LogP contribution in [0.2, 0.25) is 0 Å². The highest BCUT2D eigenvalue weighted by Gasteiger charge is 2.20. The van der Waals surface area contributed by atoms with Crippen LogP contribution in [0.25, 0.3) is 0 Å². The van der Waals surface area contributed by atoms with Gasteiger partial charge in [0, 0.05) is 32.6 Å². The van der Waals surface area contributed by atoms with Crippen LogP contribution < -0.4 is 14.8 Å². The monoisotopic (exact) mass is 358 g/mol. The Morgan fingerprint density at radius 1 is 1.33 bits per heavy atom. The van der Waals surface area contributed by atoms with Crippen molar-refractivity contribution in [3.8, 4) is 11.5 Å².